The van der Waals surface area contributed by atoms with Gasteiger partial charge in [-0.1, -0.05) is 10.1 Å². The molecule has 8 heavy (non-hydrogen) atoms. The summed E-state index contributed by atoms with van der Waals surface area (Å²) in [5.41, 5.74) is 0. The molecule has 1 aromatic heterocycles. The molecular weight excluding hydrogens is 122 g/mol. The second-order valence-corrected chi connectivity index (χ2v) is 1.55. The topological polar surface area (TPSA) is 31.7 Å². The summed E-state index contributed by atoms with van der Waals surface area (Å²) in [5, 5.41) is 3.71. The highest BCUT2D eigenvalue weighted by Gasteiger charge is 1.76. The molecule has 0 aliphatic heterocycles. The van der Waals surface area contributed by atoms with Crippen LogP contribution < -0.4 is 3.73 Å². The second-order valence-electron chi connectivity index (χ2n) is 1.17. The van der Waals surface area contributed by atoms with Crippen molar-refractivity contribution in [1.82, 2.24) is 10.1 Å². The minimum Gasteiger partial charge on any atom is -0.0735 e. The van der Waals surface area contributed by atoms with Crippen molar-refractivity contribution >= 4 is 12.4 Å². The molecule has 0 saturated heterocycles. The first-order valence-corrected chi connectivity index (χ1v) is 2.45. The Kier molecular flexibility index (Phi) is 1.58. The van der Waals surface area contributed by atoms with E-state index >= 15 is 0 Å². The molecule has 0 saturated carbocycles. The Morgan fingerprint density at radius 3 is 3.12 bits per heavy atom. The van der Waals surface area contributed by atoms with Crippen LogP contribution in [0.15, 0.2) is 24.8 Å². The Balaban J connectivity index is 3.32. The quantitative estimate of drug-likeness (QED) is 0.459. The first kappa shape index (κ1) is 5.24. The van der Waals surface area contributed by atoms with Crippen LogP contribution in [0.5, 0.6) is 0 Å². The van der Waals surface area contributed by atoms with Crippen molar-refractivity contribution in [2.75, 3.05) is 0 Å². The van der Waals surface area contributed by atoms with Crippen molar-refractivity contribution in [2.45, 2.75) is 0 Å². The van der Waals surface area contributed by atoms with E-state index in [-0.39, 0.29) is 0 Å². The fourth-order valence-corrected chi connectivity index (χ4v) is 0.427. The smallest absolute Gasteiger partial charge is 0.0735 e. The van der Waals surface area contributed by atoms with Crippen LogP contribution in [0, 0.1) is 0 Å². The molecule has 0 N–H and O–H groups in total. The number of nitrogens with zero attached hydrogens (tertiary/aromatic N) is 3. The molecule has 3 nitrogen and oxygen atoms in total. The molecule has 0 aliphatic rings. The van der Waals surface area contributed by atoms with E-state index in [2.05, 4.69) is 22.5 Å². The first-order chi connectivity index (χ1) is 3.89. The summed E-state index contributed by atoms with van der Waals surface area (Å²) in [6, 6.07) is 1.71. The number of aromatic nitrogens is 3. The van der Waals surface area contributed by atoms with Gasteiger partial charge in [0.2, 0.25) is 0 Å². The molecule has 0 aromatic carbocycles. The van der Waals surface area contributed by atoms with Crippen LogP contribution in [0.4, 0.5) is 0 Å². The molecule has 0 atom stereocenters. The zero-order chi connectivity index (χ0) is 5.82. The molecule has 0 radical (unpaired) electrons. The highest BCUT2D eigenvalue weighted by Crippen LogP contribution is 1.62. The largest absolute Gasteiger partial charge is 0.324 e. The van der Waals surface area contributed by atoms with Gasteiger partial charge in [-0.2, -0.15) is 0 Å². The lowest BCUT2D eigenvalue weighted by Gasteiger charge is -1.54. The lowest BCUT2D eigenvalue weighted by Crippen LogP contribution is -2.11. The SMILES string of the molecule is S=[n+]1cncccn1. The Hall–Kier alpha value is -0.900. The molecule has 40 valence electrons. The van der Waals surface area contributed by atoms with Gasteiger partial charge in [-0.25, -0.2) is 0 Å². The van der Waals surface area contributed by atoms with Gasteiger partial charge in [0.05, 0.1) is 6.20 Å². The molecule has 1 heterocycles. The maximum absolute atomic E-state index is 4.62. The zero-order valence-corrected chi connectivity index (χ0v) is 4.88. The summed E-state index contributed by atoms with van der Waals surface area (Å²) in [6.07, 6.45) is 4.66. The molecule has 1 aromatic rings. The zero-order valence-electron chi connectivity index (χ0n) is 4.06. The molecule has 0 unspecified atom stereocenters. The summed E-state index contributed by atoms with van der Waals surface area (Å²) < 4.78 is 1.22. The Bertz CT molecular complexity index is 202. The first-order valence-electron chi connectivity index (χ1n) is 2.08. The van der Waals surface area contributed by atoms with Gasteiger partial charge in [0.25, 0.3) is 0 Å². The molecular formula is C4H4N3S+. The standard InChI is InChI=1S/C4H4N3S/c8-7-4-5-2-1-3-6-7/h1-4H/q+1. The highest BCUT2D eigenvalue weighted by atomic mass is 32.1. The van der Waals surface area contributed by atoms with E-state index in [1.54, 1.807) is 18.5 Å². The number of rotatable bonds is 0. The van der Waals surface area contributed by atoms with Crippen molar-refractivity contribution in [2.24, 2.45) is 0 Å². The third kappa shape index (κ3) is 1.31. The van der Waals surface area contributed by atoms with Gasteiger partial charge in [-0.05, 0) is 3.73 Å². The summed E-state index contributed by atoms with van der Waals surface area (Å²) in [6.45, 7) is 0. The van der Waals surface area contributed by atoms with Crippen LogP contribution in [0.3, 0.4) is 0 Å². The van der Waals surface area contributed by atoms with Crippen LogP contribution in [0.2, 0.25) is 0 Å². The van der Waals surface area contributed by atoms with Crippen molar-refractivity contribution < 1.29 is 3.73 Å². The van der Waals surface area contributed by atoms with E-state index in [1.807, 2.05) is 0 Å². The highest BCUT2D eigenvalue weighted by molar-refractivity contribution is 7.66. The molecule has 0 amide bonds. The van der Waals surface area contributed by atoms with E-state index in [4.69, 9.17) is 0 Å². The number of hydrogen-bond donors (Lipinski definition) is 0. The van der Waals surface area contributed by atoms with Crippen molar-refractivity contribution in [3.63, 3.8) is 0 Å². The predicted octanol–water partition coefficient (Wildman–Crippen LogP) is 0.00580. The van der Waals surface area contributed by atoms with Gasteiger partial charge < -0.3 is 0 Å². The van der Waals surface area contributed by atoms with Crippen LogP contribution in [0.1, 0.15) is 0 Å². The van der Waals surface area contributed by atoms with Crippen LogP contribution in [0.25, 0.3) is 0 Å². The lowest BCUT2D eigenvalue weighted by molar-refractivity contribution is -0.510. The van der Waals surface area contributed by atoms with Crippen molar-refractivity contribution in [3.05, 3.63) is 24.8 Å². The molecule has 0 aliphatic carbocycles. The van der Waals surface area contributed by atoms with Crippen molar-refractivity contribution in [1.29, 1.82) is 0 Å². The third-order valence-corrected chi connectivity index (χ3v) is 0.793. The molecule has 0 spiro atoms. The molecule has 0 bridgehead atoms. The summed E-state index contributed by atoms with van der Waals surface area (Å²) in [5.74, 6) is 0. The fraction of sp³-hybridized carbons (Fsp3) is 0. The Labute approximate surface area is 51.8 Å². The van der Waals surface area contributed by atoms with Gasteiger partial charge in [-0.15, -0.1) is 0 Å². The monoisotopic (exact) mass is 126 g/mol. The second kappa shape index (κ2) is 2.42. The Morgan fingerprint density at radius 1 is 1.38 bits per heavy atom. The van der Waals surface area contributed by atoms with Crippen LogP contribution in [-0.2, 0) is 0 Å². The number of hydrogen-bond acceptors (Lipinski definition) is 3. The predicted molar refractivity (Wildman–Crippen MR) is 29.6 cm³/mol. The minimum atomic E-state index is 1.22. The summed E-state index contributed by atoms with van der Waals surface area (Å²) in [7, 11) is 0. The van der Waals surface area contributed by atoms with Gasteiger partial charge in [-0.3, -0.25) is 0 Å². The summed E-state index contributed by atoms with van der Waals surface area (Å²) in [4.78, 5) is 3.74. The van der Waals surface area contributed by atoms with Crippen LogP contribution in [-0.4, -0.2) is 10.1 Å². The normalized spacial score (nSPS) is 8.50. The van der Waals surface area contributed by atoms with E-state index in [0.717, 1.165) is 0 Å². The van der Waals surface area contributed by atoms with E-state index in [9.17, 15) is 0 Å². The lowest BCUT2D eigenvalue weighted by atomic mass is 10.7. The minimum absolute atomic E-state index is 1.22. The van der Waals surface area contributed by atoms with Gasteiger partial charge >= 0.3 is 6.33 Å². The maximum Gasteiger partial charge on any atom is 0.324 e. The summed E-state index contributed by atoms with van der Waals surface area (Å²) >= 11 is 4.62. The van der Waals surface area contributed by atoms with E-state index < -0.39 is 0 Å². The van der Waals surface area contributed by atoms with Crippen LogP contribution >= 0.6 is 12.4 Å². The third-order valence-electron chi connectivity index (χ3n) is 0.604. The molecule has 0 fully saturated rings. The van der Waals surface area contributed by atoms with E-state index in [0.29, 0.717) is 0 Å². The average molecular weight is 126 g/mol. The maximum atomic E-state index is 4.62. The molecule has 1 rings (SSSR count). The van der Waals surface area contributed by atoms with Gasteiger partial charge in [0.15, 0.2) is 12.4 Å². The van der Waals surface area contributed by atoms with Crippen molar-refractivity contribution in [3.8, 4) is 0 Å². The Morgan fingerprint density at radius 2 is 2.25 bits per heavy atom. The van der Waals surface area contributed by atoms with E-state index in [1.165, 1.54) is 10.1 Å². The molecule has 4 heteroatoms. The average Bonchev–Trinajstić information content (AvgIpc) is 1.94. The van der Waals surface area contributed by atoms with Gasteiger partial charge in [0.1, 0.15) is 6.20 Å². The van der Waals surface area contributed by atoms with Gasteiger partial charge in [0, 0.05) is 6.07 Å². The fourth-order valence-electron chi connectivity index (χ4n) is 0.318.